The highest BCUT2D eigenvalue weighted by molar-refractivity contribution is 6.30. The van der Waals surface area contributed by atoms with Crippen molar-refractivity contribution < 1.29 is 9.90 Å². The minimum Gasteiger partial charge on any atom is -0.388 e. The third-order valence-corrected chi connectivity index (χ3v) is 6.05. The molecule has 0 bridgehead atoms. The van der Waals surface area contributed by atoms with Gasteiger partial charge in [-0.05, 0) is 49.6 Å². The lowest BCUT2D eigenvalue weighted by Gasteiger charge is -2.36. The molecule has 3 rings (SSSR count). The predicted octanol–water partition coefficient (Wildman–Crippen LogP) is 4.23. The molecule has 1 aromatic heterocycles. The summed E-state index contributed by atoms with van der Waals surface area (Å²) in [4.78, 5) is 28.7. The molecule has 0 aliphatic carbocycles. The molecule has 2 aromatic rings. The van der Waals surface area contributed by atoms with Gasteiger partial charge in [-0.15, -0.1) is 0 Å². The van der Waals surface area contributed by atoms with E-state index in [0.717, 1.165) is 36.9 Å². The maximum Gasteiger partial charge on any atom is 0.255 e. The Bertz CT molecular complexity index is 1050. The summed E-state index contributed by atoms with van der Waals surface area (Å²) < 4.78 is 1.48. The molecule has 0 amide bonds. The Morgan fingerprint density at radius 1 is 1.26 bits per heavy atom. The maximum absolute atomic E-state index is 12.3. The van der Waals surface area contributed by atoms with E-state index in [2.05, 4.69) is 28.4 Å². The predicted molar refractivity (Wildman–Crippen MR) is 143 cm³/mol. The van der Waals surface area contributed by atoms with Crippen molar-refractivity contribution in [1.82, 2.24) is 14.5 Å². The number of likely N-dealkylation sites (tertiary alicyclic amines) is 1. The number of rotatable bonds is 10. The molecular weight excluding hydrogens is 464 g/mol. The molecule has 1 aromatic carbocycles. The van der Waals surface area contributed by atoms with Gasteiger partial charge in [-0.1, -0.05) is 55.1 Å². The van der Waals surface area contributed by atoms with E-state index in [9.17, 15) is 14.7 Å². The number of benzene rings is 1. The van der Waals surface area contributed by atoms with Crippen LogP contribution in [-0.2, 0) is 17.9 Å². The van der Waals surface area contributed by atoms with Crippen LogP contribution in [0.5, 0.6) is 0 Å². The van der Waals surface area contributed by atoms with Crippen molar-refractivity contribution in [2.75, 3.05) is 25.5 Å². The molecule has 1 aliphatic rings. The van der Waals surface area contributed by atoms with Crippen LogP contribution in [-0.4, -0.2) is 51.6 Å². The van der Waals surface area contributed by atoms with Crippen LogP contribution in [0.1, 0.15) is 31.2 Å². The second kappa shape index (κ2) is 14.4. The second-order valence-electron chi connectivity index (χ2n) is 8.63. The van der Waals surface area contributed by atoms with Crippen LogP contribution < -0.4 is 10.9 Å². The fourth-order valence-electron chi connectivity index (χ4n) is 3.58. The van der Waals surface area contributed by atoms with Crippen molar-refractivity contribution in [2.45, 2.75) is 44.4 Å². The monoisotopic (exact) mass is 498 g/mol. The van der Waals surface area contributed by atoms with Crippen LogP contribution in [0.2, 0.25) is 5.02 Å². The number of aliphatic hydroxyl groups is 1. The van der Waals surface area contributed by atoms with Crippen molar-refractivity contribution in [1.29, 1.82) is 0 Å². The summed E-state index contributed by atoms with van der Waals surface area (Å²) >= 11 is 5.87. The van der Waals surface area contributed by atoms with Gasteiger partial charge < -0.3 is 20.1 Å². The van der Waals surface area contributed by atoms with Gasteiger partial charge in [0.05, 0.1) is 18.5 Å². The van der Waals surface area contributed by atoms with Crippen molar-refractivity contribution >= 4 is 23.7 Å². The van der Waals surface area contributed by atoms with Crippen LogP contribution in [0.25, 0.3) is 0 Å². The van der Waals surface area contributed by atoms with E-state index in [0.29, 0.717) is 36.6 Å². The average molecular weight is 499 g/mol. The van der Waals surface area contributed by atoms with E-state index in [1.54, 1.807) is 12.2 Å². The van der Waals surface area contributed by atoms with Gasteiger partial charge in [0.25, 0.3) is 5.56 Å². The number of nitrogens with one attached hydrogen (secondary N) is 1. The molecule has 188 valence electrons. The lowest BCUT2D eigenvalue weighted by molar-refractivity contribution is -0.107. The Balaban J connectivity index is 0.000000367. The first-order valence-electron chi connectivity index (χ1n) is 11.6. The lowest BCUT2D eigenvalue weighted by atomic mass is 9.91. The van der Waals surface area contributed by atoms with Crippen LogP contribution in [0.15, 0.2) is 78.4 Å². The number of hydrogen-bond donors (Lipinski definition) is 2. The van der Waals surface area contributed by atoms with Gasteiger partial charge >= 0.3 is 0 Å². The molecule has 0 spiro atoms. The van der Waals surface area contributed by atoms with E-state index in [-0.39, 0.29) is 12.1 Å². The SMILES string of the molecule is C=C/C=C(\C=C)CCC=O.CN1CCC(O)(Cn2cnc(NCc3ccc(Cl)cc3)cc2=O)CC1. The minimum absolute atomic E-state index is 0.166. The molecule has 7 nitrogen and oxygen atoms in total. The fraction of sp³-hybridized carbons (Fsp3) is 0.370. The lowest BCUT2D eigenvalue weighted by Crippen LogP contribution is -2.46. The maximum atomic E-state index is 12.3. The topological polar surface area (TPSA) is 87.5 Å². The van der Waals surface area contributed by atoms with Gasteiger partial charge in [0.1, 0.15) is 12.1 Å². The van der Waals surface area contributed by atoms with Gasteiger partial charge in [-0.25, -0.2) is 4.98 Å². The molecule has 8 heteroatoms. The summed E-state index contributed by atoms with van der Waals surface area (Å²) in [6, 6.07) is 8.96. The largest absolute Gasteiger partial charge is 0.388 e. The molecule has 35 heavy (non-hydrogen) atoms. The van der Waals surface area contributed by atoms with Crippen LogP contribution in [0, 0.1) is 0 Å². The second-order valence-corrected chi connectivity index (χ2v) is 9.07. The highest BCUT2D eigenvalue weighted by atomic mass is 35.5. The Kier molecular flexibility index (Phi) is 11.6. The van der Waals surface area contributed by atoms with E-state index >= 15 is 0 Å². The zero-order valence-corrected chi connectivity index (χ0v) is 21.1. The fourth-order valence-corrected chi connectivity index (χ4v) is 3.70. The molecule has 1 saturated heterocycles. The van der Waals surface area contributed by atoms with Gasteiger partial charge in [0.2, 0.25) is 0 Å². The van der Waals surface area contributed by atoms with E-state index in [4.69, 9.17) is 11.6 Å². The molecule has 0 radical (unpaired) electrons. The zero-order chi connectivity index (χ0) is 25.7. The number of aldehydes is 1. The third kappa shape index (κ3) is 10.0. The number of carbonyl (C=O) groups is 1. The van der Waals surface area contributed by atoms with Crippen molar-refractivity contribution in [3.63, 3.8) is 0 Å². The van der Waals surface area contributed by atoms with Crippen molar-refractivity contribution in [3.05, 3.63) is 94.6 Å². The summed E-state index contributed by atoms with van der Waals surface area (Å²) in [5.74, 6) is 0.520. The van der Waals surface area contributed by atoms with Gasteiger partial charge in [-0.2, -0.15) is 0 Å². The highest BCUT2D eigenvalue weighted by Gasteiger charge is 2.31. The summed E-state index contributed by atoms with van der Waals surface area (Å²) in [5, 5.41) is 14.5. The third-order valence-electron chi connectivity index (χ3n) is 5.79. The van der Waals surface area contributed by atoms with Crippen LogP contribution >= 0.6 is 11.6 Å². The minimum atomic E-state index is -0.837. The molecule has 2 heterocycles. The Labute approximate surface area is 212 Å². The van der Waals surface area contributed by atoms with E-state index < -0.39 is 5.60 Å². The Morgan fingerprint density at radius 2 is 1.94 bits per heavy atom. The summed E-state index contributed by atoms with van der Waals surface area (Å²) in [6.45, 7) is 9.65. The van der Waals surface area contributed by atoms with E-state index in [1.165, 1.54) is 17.0 Å². The van der Waals surface area contributed by atoms with Crippen molar-refractivity contribution in [2.24, 2.45) is 0 Å². The Morgan fingerprint density at radius 3 is 2.51 bits per heavy atom. The quantitative estimate of drug-likeness (QED) is 0.376. The molecule has 1 fully saturated rings. The van der Waals surface area contributed by atoms with E-state index in [1.807, 2.05) is 37.4 Å². The van der Waals surface area contributed by atoms with Gasteiger partial charge in [0.15, 0.2) is 0 Å². The summed E-state index contributed by atoms with van der Waals surface area (Å²) in [5.41, 5.74) is 1.11. The first kappa shape index (κ1) is 28.2. The van der Waals surface area contributed by atoms with Crippen LogP contribution in [0.3, 0.4) is 0 Å². The average Bonchev–Trinajstić information content (AvgIpc) is 2.85. The van der Waals surface area contributed by atoms with Gasteiger partial charge in [0, 0.05) is 37.1 Å². The molecule has 0 unspecified atom stereocenters. The normalized spacial score (nSPS) is 15.5. The summed E-state index contributed by atoms with van der Waals surface area (Å²) in [7, 11) is 2.04. The smallest absolute Gasteiger partial charge is 0.255 e. The van der Waals surface area contributed by atoms with Crippen molar-refractivity contribution in [3.8, 4) is 0 Å². The number of piperidine rings is 1. The summed E-state index contributed by atoms with van der Waals surface area (Å²) in [6.07, 6.45) is 10.3. The number of carbonyl (C=O) groups excluding carboxylic acids is 1. The number of anilines is 1. The number of allylic oxidation sites excluding steroid dienone is 4. The molecule has 0 saturated carbocycles. The zero-order valence-electron chi connectivity index (χ0n) is 20.3. The van der Waals surface area contributed by atoms with Gasteiger partial charge in [-0.3, -0.25) is 9.36 Å². The van der Waals surface area contributed by atoms with Crippen LogP contribution in [0.4, 0.5) is 5.82 Å². The molecule has 1 aliphatic heterocycles. The molecule has 2 N–H and O–H groups in total. The first-order chi connectivity index (χ1) is 16.8. The molecular formula is C27H35ClN4O3. The number of halogens is 1. The first-order valence-corrected chi connectivity index (χ1v) is 12.0. The number of hydrogen-bond acceptors (Lipinski definition) is 6. The Hall–Kier alpha value is -3.00. The molecule has 0 atom stereocenters. The standard InChI is InChI=1S/C18H23ClN4O2.C9H12O/c1-22-8-6-18(25,7-9-22)12-23-13-21-16(10-17(23)24)20-11-14-2-4-15(19)5-3-14;1-3-6-9(4-2)7-5-8-10/h2-5,10,13,20,25H,6-9,11-12H2,1H3;3-4,6,8H,1-2,5,7H2/b;9-6+. The highest BCUT2D eigenvalue weighted by Crippen LogP contribution is 2.22. The number of nitrogens with zero attached hydrogens (tertiary/aromatic N) is 3. The number of aromatic nitrogens is 2.